The van der Waals surface area contributed by atoms with Gasteiger partial charge in [-0.1, -0.05) is 200 Å². The first-order valence-electron chi connectivity index (χ1n) is 32.7. The standard InChI is InChI=1S/C88H48N6O4/c1-89-68-49-67(88-91-86(63-33-19-31-59-55-27-11-15-35-73(55)95-82(59)63)90-87(92-88)64-34-20-32-60-56-28-12-16-36-74(56)96-83(60)64)80(93-69-43-39-53(50-21-5-2-6-22-50)47-65(69)78-71(93)45-41-61-57-29-13-17-37-75(57)97-84(61)78)81(77(68)52-25-9-4-10-26-52)94-70-44-40-54(51-23-7-3-8-24-51)48-66(70)79-72(94)46-42-62-58-30-14-18-38-76(58)98-85(62)79/h2-49H. The first kappa shape index (κ1) is 53.8. The van der Waals surface area contributed by atoms with Crippen LogP contribution < -0.4 is 0 Å². The minimum atomic E-state index is 0.305. The maximum Gasteiger partial charge on any atom is 0.197 e. The molecular formula is C88H48N6O4. The molecule has 0 aliphatic carbocycles. The van der Waals surface area contributed by atoms with E-state index in [-0.39, 0.29) is 0 Å². The molecule has 21 rings (SSSR count). The molecule has 0 saturated heterocycles. The molecule has 0 saturated carbocycles. The molecule has 21 aromatic rings. The highest BCUT2D eigenvalue weighted by atomic mass is 16.3. The highest BCUT2D eigenvalue weighted by molar-refractivity contribution is 6.27. The summed E-state index contributed by atoms with van der Waals surface area (Å²) >= 11 is 0. The van der Waals surface area contributed by atoms with Gasteiger partial charge in [0.25, 0.3) is 0 Å². The van der Waals surface area contributed by atoms with Gasteiger partial charge in [-0.15, -0.1) is 0 Å². The average Bonchev–Trinajstić information content (AvgIpc) is 1.51. The molecule has 7 aromatic heterocycles. The largest absolute Gasteiger partial charge is 0.455 e. The maximum atomic E-state index is 9.63. The van der Waals surface area contributed by atoms with Gasteiger partial charge in [0, 0.05) is 65.0 Å². The van der Waals surface area contributed by atoms with Crippen LogP contribution in [0.1, 0.15) is 0 Å². The van der Waals surface area contributed by atoms with Crippen molar-refractivity contribution in [1.29, 1.82) is 0 Å². The lowest BCUT2D eigenvalue weighted by Gasteiger charge is -2.25. The molecule has 454 valence electrons. The van der Waals surface area contributed by atoms with E-state index in [9.17, 15) is 6.57 Å². The van der Waals surface area contributed by atoms with Gasteiger partial charge in [0.15, 0.2) is 23.2 Å². The van der Waals surface area contributed by atoms with E-state index in [4.69, 9.17) is 32.6 Å². The number of furan rings is 4. The normalized spacial score (nSPS) is 12.1. The molecule has 0 bridgehead atoms. The maximum absolute atomic E-state index is 9.63. The van der Waals surface area contributed by atoms with E-state index in [0.717, 1.165) is 148 Å². The van der Waals surface area contributed by atoms with Crippen molar-refractivity contribution in [1.82, 2.24) is 24.1 Å². The lowest BCUT2D eigenvalue weighted by molar-refractivity contribution is 0.669. The summed E-state index contributed by atoms with van der Waals surface area (Å²) in [5.41, 5.74) is 18.7. The summed E-state index contributed by atoms with van der Waals surface area (Å²) in [6.07, 6.45) is 0. The third-order valence-corrected chi connectivity index (χ3v) is 19.8. The minimum Gasteiger partial charge on any atom is -0.455 e. The Bertz CT molecular complexity index is 6870. The topological polar surface area (TPSA) is 105 Å². The fraction of sp³-hybridized carbons (Fsp3) is 0. The van der Waals surface area contributed by atoms with Crippen LogP contribution in [0.2, 0.25) is 0 Å². The number of benzene rings is 14. The molecule has 0 aliphatic rings. The van der Waals surface area contributed by atoms with Crippen LogP contribution in [0.25, 0.3) is 215 Å². The quantitative estimate of drug-likeness (QED) is 0.140. The van der Waals surface area contributed by atoms with Crippen molar-refractivity contribution in [3.63, 3.8) is 0 Å². The fourth-order valence-electron chi connectivity index (χ4n) is 15.5. The summed E-state index contributed by atoms with van der Waals surface area (Å²) in [5, 5.41) is 11.6. The van der Waals surface area contributed by atoms with Gasteiger partial charge in [-0.3, -0.25) is 0 Å². The Morgan fingerprint density at radius 2 is 0.622 bits per heavy atom. The van der Waals surface area contributed by atoms with Crippen molar-refractivity contribution in [3.8, 4) is 78.9 Å². The zero-order chi connectivity index (χ0) is 64.3. The Kier molecular flexibility index (Phi) is 11.4. The Hall–Kier alpha value is -13.6. The number of para-hydroxylation sites is 6. The molecule has 0 aliphatic heterocycles. The molecule has 10 heteroatoms. The van der Waals surface area contributed by atoms with Crippen LogP contribution in [0.3, 0.4) is 0 Å². The monoisotopic (exact) mass is 1250 g/mol. The first-order chi connectivity index (χ1) is 48.6. The molecule has 0 radical (unpaired) electrons. The van der Waals surface area contributed by atoms with Crippen molar-refractivity contribution < 1.29 is 17.7 Å². The third kappa shape index (κ3) is 7.81. The van der Waals surface area contributed by atoms with Gasteiger partial charge in [-0.2, -0.15) is 0 Å². The lowest BCUT2D eigenvalue weighted by atomic mass is 9.95. The first-order valence-corrected chi connectivity index (χ1v) is 32.7. The number of rotatable bonds is 8. The SMILES string of the molecule is [C-]#[N+]c1cc(-c2nc(-c3cccc4c3oc3ccccc34)nc(-c3cccc4c3oc3ccccc34)n2)c(-n2c3ccc(-c4ccccc4)cc3c3c4oc5ccccc5c4ccc32)c(-n2c3ccc(-c4ccccc4)cc3c3c4oc5ccccc5c4ccc32)c1-c1ccccc1. The minimum absolute atomic E-state index is 0.305. The summed E-state index contributed by atoms with van der Waals surface area (Å²) < 4.78 is 32.8. The van der Waals surface area contributed by atoms with Gasteiger partial charge in [-0.25, -0.2) is 19.8 Å². The van der Waals surface area contributed by atoms with Crippen LogP contribution in [0, 0.1) is 6.57 Å². The summed E-state index contributed by atoms with van der Waals surface area (Å²) in [4.78, 5) is 21.7. The molecule has 10 nitrogen and oxygen atoms in total. The number of nitrogens with zero attached hydrogens (tertiary/aromatic N) is 6. The number of hydrogen-bond acceptors (Lipinski definition) is 7. The predicted octanol–water partition coefficient (Wildman–Crippen LogP) is 24.2. The van der Waals surface area contributed by atoms with E-state index in [1.165, 1.54) is 0 Å². The predicted molar refractivity (Wildman–Crippen MR) is 396 cm³/mol. The van der Waals surface area contributed by atoms with Gasteiger partial charge in [0.1, 0.15) is 44.7 Å². The lowest BCUT2D eigenvalue weighted by Crippen LogP contribution is -2.10. The molecule has 98 heavy (non-hydrogen) atoms. The van der Waals surface area contributed by atoms with E-state index in [1.54, 1.807) is 0 Å². The second-order valence-corrected chi connectivity index (χ2v) is 25.1. The number of aromatic nitrogens is 5. The number of fused-ring (bicyclic) bond motifs is 20. The highest BCUT2D eigenvalue weighted by Gasteiger charge is 2.33. The Morgan fingerprint density at radius 1 is 0.265 bits per heavy atom. The van der Waals surface area contributed by atoms with Crippen LogP contribution >= 0.6 is 0 Å². The van der Waals surface area contributed by atoms with Crippen molar-refractivity contribution in [2.75, 3.05) is 0 Å². The molecule has 0 amide bonds. The van der Waals surface area contributed by atoms with Gasteiger partial charge in [-0.05, 0) is 119 Å². The van der Waals surface area contributed by atoms with E-state index in [1.807, 2.05) is 115 Å². The summed E-state index contributed by atoms with van der Waals surface area (Å²) in [7, 11) is 0. The second kappa shape index (κ2) is 20.7. The molecule has 0 N–H and O–H groups in total. The zero-order valence-corrected chi connectivity index (χ0v) is 52.0. The van der Waals surface area contributed by atoms with Gasteiger partial charge in [0.05, 0.1) is 61.9 Å². The van der Waals surface area contributed by atoms with Crippen LogP contribution in [-0.4, -0.2) is 24.1 Å². The molecule has 7 heterocycles. The molecular weight excluding hydrogens is 1210 g/mol. The Labute approximate surface area is 557 Å². The summed E-state index contributed by atoms with van der Waals surface area (Å²) in [6.45, 7) is 9.63. The van der Waals surface area contributed by atoms with Gasteiger partial charge < -0.3 is 26.8 Å². The van der Waals surface area contributed by atoms with Crippen molar-refractivity contribution in [3.05, 3.63) is 303 Å². The Balaban J connectivity index is 0.986. The van der Waals surface area contributed by atoms with Gasteiger partial charge >= 0.3 is 0 Å². The zero-order valence-electron chi connectivity index (χ0n) is 52.0. The van der Waals surface area contributed by atoms with Crippen molar-refractivity contribution in [2.24, 2.45) is 0 Å². The van der Waals surface area contributed by atoms with E-state index in [2.05, 4.69) is 190 Å². The van der Waals surface area contributed by atoms with Crippen molar-refractivity contribution >= 4 is 137 Å². The Morgan fingerprint density at radius 3 is 1.06 bits per heavy atom. The smallest absolute Gasteiger partial charge is 0.197 e. The highest BCUT2D eigenvalue weighted by Crippen LogP contribution is 2.53. The van der Waals surface area contributed by atoms with Crippen LogP contribution in [0.15, 0.2) is 309 Å². The third-order valence-electron chi connectivity index (χ3n) is 19.8. The van der Waals surface area contributed by atoms with Gasteiger partial charge in [0.2, 0.25) is 0 Å². The molecule has 0 unspecified atom stereocenters. The van der Waals surface area contributed by atoms with Crippen molar-refractivity contribution in [2.45, 2.75) is 0 Å². The van der Waals surface area contributed by atoms with E-state index >= 15 is 0 Å². The summed E-state index contributed by atoms with van der Waals surface area (Å²) in [5.74, 6) is 1.03. The van der Waals surface area contributed by atoms with E-state index in [0.29, 0.717) is 68.0 Å². The number of hydrogen-bond donors (Lipinski definition) is 0. The van der Waals surface area contributed by atoms with Crippen LogP contribution in [0.5, 0.6) is 0 Å². The molecule has 0 spiro atoms. The average molecular weight is 1250 g/mol. The van der Waals surface area contributed by atoms with Crippen LogP contribution in [-0.2, 0) is 0 Å². The van der Waals surface area contributed by atoms with E-state index < -0.39 is 0 Å². The molecule has 0 atom stereocenters. The fourth-order valence-corrected chi connectivity index (χ4v) is 15.5. The van der Waals surface area contributed by atoms with Crippen LogP contribution in [0.4, 0.5) is 5.69 Å². The summed E-state index contributed by atoms with van der Waals surface area (Å²) in [6, 6.07) is 101. The second-order valence-electron chi connectivity index (χ2n) is 25.1. The molecule has 0 fully saturated rings. The molecule has 14 aromatic carbocycles.